The van der Waals surface area contributed by atoms with Crippen LogP contribution in [0.3, 0.4) is 0 Å². The molecule has 0 aliphatic heterocycles. The second-order valence-electron chi connectivity index (χ2n) is 4.42. The van der Waals surface area contributed by atoms with Gasteiger partial charge in [0.25, 0.3) is 0 Å². The molecule has 2 aromatic rings. The van der Waals surface area contributed by atoms with E-state index in [0.29, 0.717) is 6.61 Å². The molecule has 0 aliphatic rings. The molecule has 0 saturated heterocycles. The van der Waals surface area contributed by atoms with Crippen molar-refractivity contribution in [3.05, 3.63) is 30.2 Å². The molecule has 0 amide bonds. The van der Waals surface area contributed by atoms with Crippen LogP contribution in [0.2, 0.25) is 0 Å². The highest BCUT2D eigenvalue weighted by molar-refractivity contribution is 14.0. The van der Waals surface area contributed by atoms with Crippen molar-refractivity contribution in [1.29, 1.82) is 0 Å². The Kier molecular flexibility index (Phi) is 8.75. The fraction of sp³-hybridized carbons (Fsp3) is 0.500. The molecule has 22 heavy (non-hydrogen) atoms. The number of pyridine rings is 1. The van der Waals surface area contributed by atoms with E-state index in [1.165, 1.54) is 0 Å². The summed E-state index contributed by atoms with van der Waals surface area (Å²) >= 11 is 0. The van der Waals surface area contributed by atoms with Gasteiger partial charge < -0.3 is 15.4 Å². The van der Waals surface area contributed by atoms with E-state index in [0.717, 1.165) is 43.5 Å². The zero-order valence-electron chi connectivity index (χ0n) is 13.0. The highest BCUT2D eigenvalue weighted by Crippen LogP contribution is 2.02. The molecule has 0 atom stereocenters. The van der Waals surface area contributed by atoms with Crippen molar-refractivity contribution in [2.24, 2.45) is 4.99 Å². The molecule has 2 aromatic heterocycles. The minimum absolute atomic E-state index is 0. The number of fused-ring (bicyclic) bond motifs is 1. The first-order valence-corrected chi connectivity index (χ1v) is 7.16. The van der Waals surface area contributed by atoms with E-state index in [4.69, 9.17) is 4.74 Å². The first-order chi connectivity index (χ1) is 10.3. The molecule has 0 aliphatic carbocycles. The molecule has 0 aromatic carbocycles. The lowest BCUT2D eigenvalue weighted by atomic mass is 10.4. The SMILES string of the molecule is CCOCCNC(=NC)NCCc1nnc2ccccn12.I. The zero-order chi connectivity index (χ0) is 14.9. The van der Waals surface area contributed by atoms with Crippen molar-refractivity contribution in [3.63, 3.8) is 0 Å². The molecule has 0 radical (unpaired) electrons. The summed E-state index contributed by atoms with van der Waals surface area (Å²) in [4.78, 5) is 4.16. The number of hydrogen-bond donors (Lipinski definition) is 2. The lowest BCUT2D eigenvalue weighted by molar-refractivity contribution is 0.152. The minimum atomic E-state index is 0. The quantitative estimate of drug-likeness (QED) is 0.305. The molecule has 2 rings (SSSR count). The fourth-order valence-electron chi connectivity index (χ4n) is 1.96. The van der Waals surface area contributed by atoms with E-state index in [-0.39, 0.29) is 24.0 Å². The van der Waals surface area contributed by atoms with Gasteiger partial charge in [-0.05, 0) is 19.1 Å². The molecule has 7 nitrogen and oxygen atoms in total. The third-order valence-corrected chi connectivity index (χ3v) is 2.99. The van der Waals surface area contributed by atoms with Gasteiger partial charge >= 0.3 is 0 Å². The van der Waals surface area contributed by atoms with Gasteiger partial charge in [-0.25, -0.2) is 0 Å². The van der Waals surface area contributed by atoms with Crippen LogP contribution in [0.4, 0.5) is 0 Å². The number of rotatable bonds is 7. The lowest BCUT2D eigenvalue weighted by Gasteiger charge is -2.11. The smallest absolute Gasteiger partial charge is 0.191 e. The van der Waals surface area contributed by atoms with E-state index in [1.54, 1.807) is 7.05 Å². The first-order valence-electron chi connectivity index (χ1n) is 7.16. The number of halogens is 1. The van der Waals surface area contributed by atoms with Crippen molar-refractivity contribution in [3.8, 4) is 0 Å². The van der Waals surface area contributed by atoms with Crippen LogP contribution in [-0.4, -0.2) is 53.9 Å². The second kappa shape index (κ2) is 10.3. The molecule has 8 heteroatoms. The summed E-state index contributed by atoms with van der Waals surface area (Å²) in [6.07, 6.45) is 2.75. The largest absolute Gasteiger partial charge is 0.380 e. The van der Waals surface area contributed by atoms with Gasteiger partial charge in [-0.1, -0.05) is 6.07 Å². The van der Waals surface area contributed by atoms with Gasteiger partial charge in [0.15, 0.2) is 11.6 Å². The van der Waals surface area contributed by atoms with Gasteiger partial charge in [-0.15, -0.1) is 34.2 Å². The average molecular weight is 418 g/mol. The molecule has 2 heterocycles. The molecule has 0 spiro atoms. The van der Waals surface area contributed by atoms with E-state index < -0.39 is 0 Å². The van der Waals surface area contributed by atoms with E-state index in [1.807, 2.05) is 35.7 Å². The number of guanidine groups is 1. The second-order valence-corrected chi connectivity index (χ2v) is 4.42. The van der Waals surface area contributed by atoms with Crippen LogP contribution in [0.1, 0.15) is 12.7 Å². The van der Waals surface area contributed by atoms with Gasteiger partial charge in [0.1, 0.15) is 5.82 Å². The maximum atomic E-state index is 5.27. The minimum Gasteiger partial charge on any atom is -0.380 e. The summed E-state index contributed by atoms with van der Waals surface area (Å²) in [5.41, 5.74) is 0.867. The normalized spacial score (nSPS) is 11.3. The van der Waals surface area contributed by atoms with E-state index in [9.17, 15) is 0 Å². The van der Waals surface area contributed by atoms with Crippen LogP contribution >= 0.6 is 24.0 Å². The van der Waals surface area contributed by atoms with Crippen molar-refractivity contribution in [2.75, 3.05) is 33.4 Å². The predicted molar refractivity (Wildman–Crippen MR) is 98.0 cm³/mol. The molecule has 0 unspecified atom stereocenters. The Morgan fingerprint density at radius 2 is 2.09 bits per heavy atom. The van der Waals surface area contributed by atoms with Crippen LogP contribution in [0.25, 0.3) is 5.65 Å². The number of ether oxygens (including phenoxy) is 1. The molecular formula is C14H23IN6O. The standard InChI is InChI=1S/C14H22N6O.HI/c1-3-21-11-9-17-14(15-2)16-8-7-13-19-18-12-6-4-5-10-20(12)13;/h4-6,10H,3,7-9,11H2,1-2H3,(H2,15,16,17);1H. The summed E-state index contributed by atoms with van der Waals surface area (Å²) in [5, 5.41) is 14.8. The number of nitrogens with one attached hydrogen (secondary N) is 2. The number of aromatic nitrogens is 3. The first kappa shape index (κ1) is 18.6. The zero-order valence-corrected chi connectivity index (χ0v) is 15.3. The van der Waals surface area contributed by atoms with Crippen LogP contribution in [0, 0.1) is 0 Å². The van der Waals surface area contributed by atoms with Gasteiger partial charge in [-0.2, -0.15) is 0 Å². The topological polar surface area (TPSA) is 75.8 Å². The van der Waals surface area contributed by atoms with Crippen LogP contribution < -0.4 is 10.6 Å². The van der Waals surface area contributed by atoms with Crippen LogP contribution in [0.5, 0.6) is 0 Å². The van der Waals surface area contributed by atoms with Crippen molar-refractivity contribution < 1.29 is 4.74 Å². The molecule has 0 bridgehead atoms. The maximum Gasteiger partial charge on any atom is 0.191 e. The highest BCUT2D eigenvalue weighted by Gasteiger charge is 2.04. The fourth-order valence-corrected chi connectivity index (χ4v) is 1.96. The number of aliphatic imine (C=N–C) groups is 1. The molecule has 0 saturated carbocycles. The summed E-state index contributed by atoms with van der Waals surface area (Å²) in [6, 6.07) is 5.87. The Hall–Kier alpha value is -1.42. The summed E-state index contributed by atoms with van der Waals surface area (Å²) in [5.74, 6) is 1.70. The summed E-state index contributed by atoms with van der Waals surface area (Å²) in [6.45, 7) is 4.86. The van der Waals surface area contributed by atoms with Gasteiger partial charge in [0, 0.05) is 39.4 Å². The van der Waals surface area contributed by atoms with Gasteiger partial charge in [0.05, 0.1) is 6.61 Å². The van der Waals surface area contributed by atoms with Crippen molar-refractivity contribution in [1.82, 2.24) is 25.2 Å². The third kappa shape index (κ3) is 5.41. The van der Waals surface area contributed by atoms with Crippen molar-refractivity contribution in [2.45, 2.75) is 13.3 Å². The lowest BCUT2D eigenvalue weighted by Crippen LogP contribution is -2.40. The molecular weight excluding hydrogens is 395 g/mol. The van der Waals surface area contributed by atoms with Crippen LogP contribution in [-0.2, 0) is 11.2 Å². The van der Waals surface area contributed by atoms with E-state index in [2.05, 4.69) is 25.8 Å². The highest BCUT2D eigenvalue weighted by atomic mass is 127. The van der Waals surface area contributed by atoms with Crippen molar-refractivity contribution >= 4 is 35.6 Å². The average Bonchev–Trinajstić information content (AvgIpc) is 2.93. The Bertz CT molecular complexity index is 585. The van der Waals surface area contributed by atoms with E-state index >= 15 is 0 Å². The summed E-state index contributed by atoms with van der Waals surface area (Å²) < 4.78 is 7.27. The number of nitrogens with zero attached hydrogens (tertiary/aromatic N) is 4. The Balaban J connectivity index is 0.00000242. The summed E-state index contributed by atoms with van der Waals surface area (Å²) in [7, 11) is 1.75. The van der Waals surface area contributed by atoms with Crippen LogP contribution in [0.15, 0.2) is 29.4 Å². The Morgan fingerprint density at radius 3 is 2.86 bits per heavy atom. The van der Waals surface area contributed by atoms with Gasteiger partial charge in [0.2, 0.25) is 0 Å². The Labute approximate surface area is 147 Å². The number of hydrogen-bond acceptors (Lipinski definition) is 4. The van der Waals surface area contributed by atoms with Gasteiger partial charge in [-0.3, -0.25) is 9.39 Å². The molecule has 122 valence electrons. The third-order valence-electron chi connectivity index (χ3n) is 2.99. The Morgan fingerprint density at radius 1 is 1.27 bits per heavy atom. The monoisotopic (exact) mass is 418 g/mol. The predicted octanol–water partition coefficient (Wildman–Crippen LogP) is 1.09. The maximum absolute atomic E-state index is 5.27. The molecule has 2 N–H and O–H groups in total. The molecule has 0 fully saturated rings.